The van der Waals surface area contributed by atoms with Gasteiger partial charge in [-0.1, -0.05) is 133 Å². The monoisotopic (exact) mass is 664 g/mol. The Labute approximate surface area is 298 Å². The van der Waals surface area contributed by atoms with Gasteiger partial charge in [-0.2, -0.15) is 0 Å². The van der Waals surface area contributed by atoms with E-state index in [2.05, 4.69) is 132 Å². The summed E-state index contributed by atoms with van der Waals surface area (Å²) in [6.07, 6.45) is 0. The summed E-state index contributed by atoms with van der Waals surface area (Å²) >= 11 is 0. The average molecular weight is 665 g/mol. The second kappa shape index (κ2) is 11.2. The van der Waals surface area contributed by atoms with Gasteiger partial charge in [0.15, 0.2) is 17.5 Å². The lowest BCUT2D eigenvalue weighted by Crippen LogP contribution is -2.01. The molecule has 11 aromatic rings. The van der Waals surface area contributed by atoms with Gasteiger partial charge in [-0.05, 0) is 52.6 Å². The Morgan fingerprint density at radius 3 is 1.83 bits per heavy atom. The van der Waals surface area contributed by atoms with Crippen molar-refractivity contribution in [2.45, 2.75) is 0 Å². The van der Waals surface area contributed by atoms with E-state index in [-0.39, 0.29) is 0 Å². The fraction of sp³-hybridized carbons (Fsp3) is 0. The first kappa shape index (κ1) is 28.7. The Morgan fingerprint density at radius 1 is 0.404 bits per heavy atom. The molecule has 0 aliphatic heterocycles. The average Bonchev–Trinajstić information content (AvgIpc) is 3.77. The van der Waals surface area contributed by atoms with Crippen LogP contribution in [-0.2, 0) is 0 Å². The zero-order valence-corrected chi connectivity index (χ0v) is 27.9. The highest BCUT2D eigenvalue weighted by molar-refractivity contribution is 6.24. The van der Waals surface area contributed by atoms with Gasteiger partial charge in [-0.15, -0.1) is 0 Å². The second-order valence-corrected chi connectivity index (χ2v) is 13.2. The van der Waals surface area contributed by atoms with Gasteiger partial charge < -0.3 is 8.98 Å². The molecule has 3 heterocycles. The molecule has 5 heteroatoms. The highest BCUT2D eigenvalue weighted by Gasteiger charge is 2.20. The first-order valence-corrected chi connectivity index (χ1v) is 17.5. The number of furan rings is 1. The van der Waals surface area contributed by atoms with E-state index >= 15 is 0 Å². The third kappa shape index (κ3) is 4.33. The number of hydrogen-bond acceptors (Lipinski definition) is 4. The molecule has 52 heavy (non-hydrogen) atoms. The van der Waals surface area contributed by atoms with Crippen molar-refractivity contribution in [2.24, 2.45) is 0 Å². The van der Waals surface area contributed by atoms with Gasteiger partial charge in [0.2, 0.25) is 0 Å². The Kier molecular flexibility index (Phi) is 6.18. The predicted octanol–water partition coefficient (Wildman–Crippen LogP) is 12.2. The summed E-state index contributed by atoms with van der Waals surface area (Å²) in [6, 6.07) is 59.1. The number of aromatic nitrogens is 4. The molecule has 0 spiro atoms. The standard InChI is InChI=1S/C47H28N4O/c1-2-13-31(14-3-1)45-48-46(32-15-10-16-33(28-32)51-39-21-8-6-18-35(39)36-19-7-9-22-40(36)51)50-47(49-45)38-20-11-23-41-43(38)37-27-26-30-25-24-29-12-4-5-17-34(29)42(30)44(37)52-41/h1-28H. The topological polar surface area (TPSA) is 56.7 Å². The molecule has 0 atom stereocenters. The third-order valence-electron chi connectivity index (χ3n) is 10.2. The summed E-state index contributed by atoms with van der Waals surface area (Å²) in [7, 11) is 0. The molecule has 0 fully saturated rings. The van der Waals surface area contributed by atoms with E-state index in [1.54, 1.807) is 0 Å². The van der Waals surface area contributed by atoms with Crippen LogP contribution in [0.15, 0.2) is 174 Å². The molecule has 8 aromatic carbocycles. The maximum absolute atomic E-state index is 6.72. The van der Waals surface area contributed by atoms with Crippen molar-refractivity contribution in [3.05, 3.63) is 170 Å². The van der Waals surface area contributed by atoms with E-state index in [0.29, 0.717) is 17.5 Å². The number of hydrogen-bond donors (Lipinski definition) is 0. The van der Waals surface area contributed by atoms with Crippen molar-refractivity contribution >= 4 is 65.3 Å². The van der Waals surface area contributed by atoms with Crippen LogP contribution in [0.25, 0.3) is 105 Å². The van der Waals surface area contributed by atoms with Crippen molar-refractivity contribution in [2.75, 3.05) is 0 Å². The third-order valence-corrected chi connectivity index (χ3v) is 10.2. The van der Waals surface area contributed by atoms with Crippen molar-refractivity contribution < 1.29 is 4.42 Å². The Bertz CT molecular complexity index is 3140. The van der Waals surface area contributed by atoms with Crippen LogP contribution in [0, 0.1) is 0 Å². The fourth-order valence-electron chi connectivity index (χ4n) is 7.88. The number of nitrogens with zero attached hydrogens (tertiary/aromatic N) is 4. The van der Waals surface area contributed by atoms with Crippen molar-refractivity contribution in [3.8, 4) is 39.9 Å². The normalized spacial score (nSPS) is 11.8. The zero-order chi connectivity index (χ0) is 34.2. The van der Waals surface area contributed by atoms with Crippen LogP contribution in [0.2, 0.25) is 0 Å². The summed E-state index contributed by atoms with van der Waals surface area (Å²) in [5.74, 6) is 1.81. The summed E-state index contributed by atoms with van der Waals surface area (Å²) in [5.41, 5.74) is 7.74. The lowest BCUT2D eigenvalue weighted by Gasteiger charge is -2.12. The molecular formula is C47H28N4O. The number of rotatable bonds is 4. The van der Waals surface area contributed by atoms with Crippen LogP contribution in [0.1, 0.15) is 0 Å². The van der Waals surface area contributed by atoms with E-state index in [1.165, 1.54) is 21.5 Å². The van der Waals surface area contributed by atoms with Gasteiger partial charge >= 0.3 is 0 Å². The van der Waals surface area contributed by atoms with Crippen molar-refractivity contribution in [3.63, 3.8) is 0 Å². The lowest BCUT2D eigenvalue weighted by molar-refractivity contribution is 0.673. The molecule has 0 aliphatic carbocycles. The van der Waals surface area contributed by atoms with Gasteiger partial charge in [0, 0.05) is 49.3 Å². The summed E-state index contributed by atoms with van der Waals surface area (Å²) in [4.78, 5) is 15.5. The van der Waals surface area contributed by atoms with Crippen LogP contribution in [-0.4, -0.2) is 19.5 Å². The first-order valence-electron chi connectivity index (χ1n) is 17.5. The molecule has 0 aliphatic rings. The smallest absolute Gasteiger partial charge is 0.164 e. The first-order chi connectivity index (χ1) is 25.8. The fourth-order valence-corrected chi connectivity index (χ4v) is 7.88. The maximum atomic E-state index is 6.72. The van der Waals surface area contributed by atoms with Crippen molar-refractivity contribution in [1.29, 1.82) is 0 Å². The van der Waals surface area contributed by atoms with E-state index < -0.39 is 0 Å². The molecule has 0 unspecified atom stereocenters. The lowest BCUT2D eigenvalue weighted by atomic mass is 9.98. The minimum absolute atomic E-state index is 0.595. The van der Waals surface area contributed by atoms with Crippen LogP contribution in [0.4, 0.5) is 0 Å². The molecule has 0 amide bonds. The molecule has 0 saturated carbocycles. The Hall–Kier alpha value is -7.11. The molecule has 0 radical (unpaired) electrons. The van der Waals surface area contributed by atoms with Crippen LogP contribution in [0.3, 0.4) is 0 Å². The molecule has 0 bridgehead atoms. The van der Waals surface area contributed by atoms with E-state index in [4.69, 9.17) is 19.4 Å². The molecule has 11 rings (SSSR count). The molecular weight excluding hydrogens is 637 g/mol. The molecule has 3 aromatic heterocycles. The Balaban J connectivity index is 1.15. The molecule has 5 nitrogen and oxygen atoms in total. The second-order valence-electron chi connectivity index (χ2n) is 13.2. The van der Waals surface area contributed by atoms with E-state index in [9.17, 15) is 0 Å². The van der Waals surface area contributed by atoms with Crippen molar-refractivity contribution in [1.82, 2.24) is 19.5 Å². The van der Waals surface area contributed by atoms with Crippen LogP contribution in [0.5, 0.6) is 0 Å². The summed E-state index contributed by atoms with van der Waals surface area (Å²) in [5, 5.41) is 9.07. The summed E-state index contributed by atoms with van der Waals surface area (Å²) < 4.78 is 9.04. The minimum Gasteiger partial charge on any atom is -0.455 e. The van der Waals surface area contributed by atoms with E-state index in [0.717, 1.165) is 66.1 Å². The van der Waals surface area contributed by atoms with E-state index in [1.807, 2.05) is 42.5 Å². The summed E-state index contributed by atoms with van der Waals surface area (Å²) in [6.45, 7) is 0. The molecule has 0 saturated heterocycles. The molecule has 0 N–H and O–H groups in total. The highest BCUT2D eigenvalue weighted by Crippen LogP contribution is 2.41. The van der Waals surface area contributed by atoms with Gasteiger partial charge in [-0.3, -0.25) is 0 Å². The quantitative estimate of drug-likeness (QED) is 0.176. The SMILES string of the molecule is c1ccc(-c2nc(-c3cccc(-n4c5ccccc5c5ccccc54)c3)nc(-c3cccc4oc5c(ccc6ccc7ccccc7c65)c34)n2)cc1. The minimum atomic E-state index is 0.595. The largest absolute Gasteiger partial charge is 0.455 e. The van der Waals surface area contributed by atoms with Gasteiger partial charge in [0.05, 0.1) is 11.0 Å². The molecule has 242 valence electrons. The zero-order valence-electron chi connectivity index (χ0n) is 27.9. The number of para-hydroxylation sites is 2. The van der Waals surface area contributed by atoms with Gasteiger partial charge in [0.1, 0.15) is 11.2 Å². The van der Waals surface area contributed by atoms with Crippen LogP contribution < -0.4 is 0 Å². The highest BCUT2D eigenvalue weighted by atomic mass is 16.3. The Morgan fingerprint density at radius 2 is 1.02 bits per heavy atom. The maximum Gasteiger partial charge on any atom is 0.164 e. The van der Waals surface area contributed by atoms with Gasteiger partial charge in [-0.25, -0.2) is 15.0 Å². The van der Waals surface area contributed by atoms with Gasteiger partial charge in [0.25, 0.3) is 0 Å². The number of benzene rings is 8. The predicted molar refractivity (Wildman–Crippen MR) is 213 cm³/mol. The number of fused-ring (bicyclic) bond motifs is 10. The van der Waals surface area contributed by atoms with Crippen LogP contribution >= 0.6 is 0 Å².